The summed E-state index contributed by atoms with van der Waals surface area (Å²) in [7, 11) is -15.6. The fraction of sp³-hybridized carbons (Fsp3) is 0. The molecule has 0 rings (SSSR count). The van der Waals surface area contributed by atoms with E-state index in [9.17, 15) is 0 Å². The molecule has 0 aromatic rings. The van der Waals surface area contributed by atoms with Crippen LogP contribution in [0.25, 0.3) is 0 Å². The third-order valence-electron chi connectivity index (χ3n) is 0. The van der Waals surface area contributed by atoms with E-state index >= 15 is 0 Å². The first-order valence-electron chi connectivity index (χ1n) is 2.83. The summed E-state index contributed by atoms with van der Waals surface area (Å²) in [5.41, 5.74) is 0. The molecule has 0 aromatic carbocycles. The normalized spacial score (nSPS) is 8.18. The summed E-state index contributed by atoms with van der Waals surface area (Å²) in [6.45, 7) is 0. The van der Waals surface area contributed by atoms with Crippen molar-refractivity contribution in [3.63, 3.8) is 0 Å². The van der Waals surface area contributed by atoms with E-state index in [0.717, 1.165) is 0 Å². The van der Waals surface area contributed by atoms with Crippen molar-refractivity contribution in [3.05, 3.63) is 0 Å². The zero-order chi connectivity index (χ0) is 17.9. The Bertz CT molecular complexity index is 84.5. The molecule has 0 radical (unpaired) electrons. The zero-order valence-electron chi connectivity index (χ0n) is 9.45. The van der Waals surface area contributed by atoms with Gasteiger partial charge in [0.2, 0.25) is 0 Å². The van der Waals surface area contributed by atoms with Crippen LogP contribution in [0.1, 0.15) is 0 Å². The van der Waals surface area contributed by atoms with Crippen molar-refractivity contribution >= 4 is 43.0 Å². The summed E-state index contributed by atoms with van der Waals surface area (Å²) in [6.07, 6.45) is 0. The van der Waals surface area contributed by atoms with E-state index in [2.05, 4.69) is 0 Å². The van der Waals surface area contributed by atoms with Crippen molar-refractivity contribution in [2.24, 2.45) is 0 Å². The summed E-state index contributed by atoms with van der Waals surface area (Å²) < 4.78 is 0. The van der Waals surface area contributed by atoms with Crippen molar-refractivity contribution in [3.8, 4) is 0 Å². The molecule has 0 aliphatic rings. The van der Waals surface area contributed by atoms with Gasteiger partial charge in [-0.25, -0.2) is 0 Å². The molecular formula is H5O15P5V2. The van der Waals surface area contributed by atoms with Gasteiger partial charge in [0.25, 0.3) is 0 Å². The van der Waals surface area contributed by atoms with E-state index in [0.29, 0.717) is 0 Å². The van der Waals surface area contributed by atoms with Crippen LogP contribution in [0, 0.1) is 0 Å². The van der Waals surface area contributed by atoms with Gasteiger partial charge in [-0.05, 0) is 0 Å². The number of hydrogen-bond donors (Lipinski definition) is 5. The molecule has 0 fully saturated rings. The maximum absolute atomic E-state index is 8.59. The molecule has 0 atom stereocenters. The standard InChI is InChI=1S/5HO3P.2V/c5*1-4(2)3;;/h5*1H;;/q5*-2;2*+5. The van der Waals surface area contributed by atoms with Crippen LogP contribution in [0.2, 0.25) is 0 Å². The summed E-state index contributed by atoms with van der Waals surface area (Å²) in [6, 6.07) is 0. The Kier molecular flexibility index (Phi) is 78.5. The average molecular weight is 502 g/mol. The van der Waals surface area contributed by atoms with Crippen LogP contribution in [0.4, 0.5) is 0 Å². The second-order valence-electron chi connectivity index (χ2n) is 1.19. The fourth-order valence-corrected chi connectivity index (χ4v) is 0. The second-order valence-corrected chi connectivity index (χ2v) is 3.57. The SMILES string of the molecule is [O-]P([O-])O.[O-]P([O-])O.[O-]P([O-])O.[O-]P([O-])O.[O-]P([O-])O.[V+5].[V+5]. The molecule has 0 heterocycles. The first-order chi connectivity index (χ1) is 8.66. The predicted molar refractivity (Wildman–Crippen MR) is 45.7 cm³/mol. The van der Waals surface area contributed by atoms with Gasteiger partial charge in [0.05, 0.1) is 0 Å². The van der Waals surface area contributed by atoms with Gasteiger partial charge in [0.15, 0.2) is 0 Å². The molecule has 0 aliphatic heterocycles. The molecule has 22 heavy (non-hydrogen) atoms. The van der Waals surface area contributed by atoms with Gasteiger partial charge in [-0.1, -0.05) is 0 Å². The minimum absolute atomic E-state index is 0. The smallest absolute Gasteiger partial charge is 0.820 e. The number of hydrogen-bond acceptors (Lipinski definition) is 15. The summed E-state index contributed by atoms with van der Waals surface area (Å²) in [4.78, 5) is 121. The molecule has 22 heteroatoms. The topological polar surface area (TPSA) is 332 Å². The van der Waals surface area contributed by atoms with Gasteiger partial charge in [0, 0.05) is 0 Å². The predicted octanol–water partition coefficient (Wildman–Crippen LogP) is -10.4. The second kappa shape index (κ2) is 39.0. The summed E-state index contributed by atoms with van der Waals surface area (Å²) >= 11 is 0. The molecule has 0 aliphatic carbocycles. The first kappa shape index (κ1) is 44.3. The van der Waals surface area contributed by atoms with E-state index in [1.807, 2.05) is 0 Å². The minimum atomic E-state index is -3.12. The largest absolute Gasteiger partial charge is 5.00 e. The first-order valence-corrected chi connectivity index (χ1v) is 8.48. The van der Waals surface area contributed by atoms with Crippen molar-refractivity contribution in [2.45, 2.75) is 0 Å². The van der Waals surface area contributed by atoms with Crippen LogP contribution in [0.5, 0.6) is 0 Å². The van der Waals surface area contributed by atoms with Crippen LogP contribution in [-0.2, 0) is 37.1 Å². The van der Waals surface area contributed by atoms with Crippen LogP contribution in [0.15, 0.2) is 0 Å². The maximum Gasteiger partial charge on any atom is 5.00 e. The zero-order valence-corrected chi connectivity index (χ0v) is 16.7. The van der Waals surface area contributed by atoms with Gasteiger partial charge in [-0.15, -0.1) is 0 Å². The van der Waals surface area contributed by atoms with Crippen molar-refractivity contribution in [1.82, 2.24) is 0 Å². The van der Waals surface area contributed by atoms with Gasteiger partial charge in [0.1, 0.15) is 0 Å². The average Bonchev–Trinajstić information content (AvgIpc) is 1.94. The van der Waals surface area contributed by atoms with E-state index in [1.165, 1.54) is 0 Å². The van der Waals surface area contributed by atoms with Crippen LogP contribution in [-0.4, -0.2) is 24.5 Å². The van der Waals surface area contributed by atoms with Gasteiger partial charge in [-0.3, -0.25) is 0 Å². The van der Waals surface area contributed by atoms with Crippen LogP contribution < -0.4 is 48.9 Å². The molecule has 0 saturated carbocycles. The molecule has 5 N–H and O–H groups in total. The summed E-state index contributed by atoms with van der Waals surface area (Å²) in [5.74, 6) is 0. The van der Waals surface area contributed by atoms with Gasteiger partial charge in [-0.2, -0.15) is 43.0 Å². The van der Waals surface area contributed by atoms with Crippen LogP contribution in [0.3, 0.4) is 0 Å². The monoisotopic (exact) mass is 502 g/mol. The molecule has 0 bridgehead atoms. The Labute approximate surface area is 153 Å². The number of rotatable bonds is 0. The third kappa shape index (κ3) is 1450. The molecule has 130 valence electrons. The maximum atomic E-state index is 8.59. The van der Waals surface area contributed by atoms with Gasteiger partial charge >= 0.3 is 37.1 Å². The molecule has 15 nitrogen and oxygen atoms in total. The van der Waals surface area contributed by atoms with E-state index in [-0.39, 0.29) is 37.1 Å². The molecule has 0 saturated heterocycles. The quantitative estimate of drug-likeness (QED) is 0.192. The minimum Gasteiger partial charge on any atom is -0.820 e. The van der Waals surface area contributed by atoms with E-state index in [1.54, 1.807) is 0 Å². The molecular weight excluding hydrogens is 497 g/mol. The van der Waals surface area contributed by atoms with E-state index in [4.69, 9.17) is 73.4 Å². The van der Waals surface area contributed by atoms with E-state index < -0.39 is 43.0 Å². The third-order valence-corrected chi connectivity index (χ3v) is 0. The van der Waals surface area contributed by atoms with Crippen molar-refractivity contribution < 1.29 is 111 Å². The van der Waals surface area contributed by atoms with Gasteiger partial charge < -0.3 is 73.4 Å². The van der Waals surface area contributed by atoms with Crippen LogP contribution >= 0.6 is 43.0 Å². The summed E-state index contributed by atoms with van der Waals surface area (Å²) in [5, 5.41) is 0. The Balaban J connectivity index is -0.0000000250. The Morgan fingerprint density at radius 2 is 0.318 bits per heavy atom. The Hall–Kier alpha value is 2.72. The molecule has 0 amide bonds. The Morgan fingerprint density at radius 3 is 0.318 bits per heavy atom. The molecule has 0 spiro atoms. The van der Waals surface area contributed by atoms with Crippen molar-refractivity contribution in [2.75, 3.05) is 0 Å². The Morgan fingerprint density at radius 1 is 0.318 bits per heavy atom. The molecule has 0 unspecified atom stereocenters. The molecule has 0 aromatic heterocycles. The fourth-order valence-electron chi connectivity index (χ4n) is 0. The van der Waals surface area contributed by atoms with Crippen molar-refractivity contribution in [1.29, 1.82) is 0 Å².